The Morgan fingerprint density at radius 3 is 1.83 bits per heavy atom. The van der Waals surface area contributed by atoms with Crippen LogP contribution in [0.5, 0.6) is 5.75 Å². The highest BCUT2D eigenvalue weighted by atomic mass is 127. The molecule has 0 radical (unpaired) electrons. The maximum absolute atomic E-state index is 13.9. The van der Waals surface area contributed by atoms with E-state index in [1.165, 1.54) is 27.8 Å². The fourth-order valence-corrected chi connectivity index (χ4v) is 6.61. The number of thiol groups is 1. The average molecular weight is 530 g/mol. The number of benzene rings is 4. The molecule has 0 saturated carbocycles. The topological polar surface area (TPSA) is 9.23 Å². The van der Waals surface area contributed by atoms with Crippen LogP contribution < -0.4 is 4.74 Å². The second kappa shape index (κ2) is 8.04. The normalized spacial score (nSPS) is 13.1. The lowest BCUT2D eigenvalue weighted by molar-refractivity contribution is 0.306. The molecule has 1 aliphatic heterocycles. The molecule has 0 bridgehead atoms. The third-order valence-corrected chi connectivity index (χ3v) is 8.38. The van der Waals surface area contributed by atoms with Crippen molar-refractivity contribution < 1.29 is 13.5 Å². The number of ether oxygens (including phenoxy) is 1. The van der Waals surface area contributed by atoms with Gasteiger partial charge in [-0.15, -0.1) is 0 Å². The van der Waals surface area contributed by atoms with E-state index in [0.29, 0.717) is 6.61 Å². The van der Waals surface area contributed by atoms with Crippen LogP contribution in [0, 0.1) is 15.2 Å². The predicted molar refractivity (Wildman–Crippen MR) is 126 cm³/mol. The molecule has 4 aromatic rings. The van der Waals surface area contributed by atoms with Gasteiger partial charge >= 0.3 is 0 Å². The van der Waals surface area contributed by atoms with Crippen molar-refractivity contribution in [2.24, 2.45) is 0 Å². The van der Waals surface area contributed by atoms with Crippen molar-refractivity contribution in [2.45, 2.75) is 21.3 Å². The van der Waals surface area contributed by atoms with E-state index in [-0.39, 0.29) is 11.6 Å². The van der Waals surface area contributed by atoms with Gasteiger partial charge in [-0.05, 0) is 117 Å². The van der Waals surface area contributed by atoms with Crippen molar-refractivity contribution in [1.29, 1.82) is 0 Å². The van der Waals surface area contributed by atoms with E-state index in [2.05, 4.69) is 59.0 Å². The quantitative estimate of drug-likeness (QED) is 0.186. The van der Waals surface area contributed by atoms with Gasteiger partial charge in [0.2, 0.25) is 0 Å². The van der Waals surface area contributed by atoms with Crippen molar-refractivity contribution in [3.8, 4) is 16.9 Å². The molecule has 0 fully saturated rings. The molecule has 150 valence electrons. The van der Waals surface area contributed by atoms with Crippen LogP contribution in [-0.4, -0.2) is 0 Å². The van der Waals surface area contributed by atoms with Crippen molar-refractivity contribution in [3.63, 3.8) is 0 Å². The van der Waals surface area contributed by atoms with Gasteiger partial charge in [-0.1, -0.05) is 12.1 Å². The molecule has 5 heteroatoms. The van der Waals surface area contributed by atoms with Crippen LogP contribution in [0.4, 0.5) is 8.78 Å². The number of hydrogen-bond donors (Lipinski definition) is 1. The maximum Gasteiger partial charge on any atom is 0.123 e. The fraction of sp³-hybridized carbons (Fsp3) is 0.0400. The molecule has 1 aliphatic rings. The van der Waals surface area contributed by atoms with Gasteiger partial charge in [-0.2, -0.15) is 10.9 Å². The molecule has 0 saturated heterocycles. The van der Waals surface area contributed by atoms with Gasteiger partial charge in [0.1, 0.15) is 24.0 Å². The maximum atomic E-state index is 13.9. The SMILES string of the molecule is Fc1ccc2c(c1)-c1cc(F)ccc1[SH]2c1ccc(OCc2ccc(I)cc2)cc1. The summed E-state index contributed by atoms with van der Waals surface area (Å²) in [5.41, 5.74) is 2.69. The van der Waals surface area contributed by atoms with Gasteiger partial charge in [-0.25, -0.2) is 8.78 Å². The monoisotopic (exact) mass is 530 g/mol. The molecular formula is C25H17F2IOS. The summed E-state index contributed by atoms with van der Waals surface area (Å²) >= 11 is 2.28. The van der Waals surface area contributed by atoms with Crippen molar-refractivity contribution in [2.75, 3.05) is 0 Å². The zero-order valence-electron chi connectivity index (χ0n) is 15.8. The lowest BCUT2D eigenvalue weighted by Gasteiger charge is -2.19. The smallest absolute Gasteiger partial charge is 0.123 e. The van der Waals surface area contributed by atoms with Crippen LogP contribution in [0.25, 0.3) is 11.1 Å². The summed E-state index contributed by atoms with van der Waals surface area (Å²) in [6, 6.07) is 25.9. The first-order valence-electron chi connectivity index (χ1n) is 9.45. The summed E-state index contributed by atoms with van der Waals surface area (Å²) < 4.78 is 34.9. The van der Waals surface area contributed by atoms with E-state index in [0.717, 1.165) is 37.1 Å². The molecule has 0 aromatic heterocycles. The fourth-order valence-electron chi connectivity index (χ4n) is 3.68. The molecule has 0 N–H and O–H groups in total. The molecule has 0 amide bonds. The summed E-state index contributed by atoms with van der Waals surface area (Å²) in [4.78, 5) is 3.24. The lowest BCUT2D eigenvalue weighted by atomic mass is 10.1. The highest BCUT2D eigenvalue weighted by Crippen LogP contribution is 2.62. The summed E-state index contributed by atoms with van der Waals surface area (Å²) in [6.07, 6.45) is 0. The summed E-state index contributed by atoms with van der Waals surface area (Å²) in [6.45, 7) is 0.509. The van der Waals surface area contributed by atoms with Crippen LogP contribution in [0.2, 0.25) is 0 Å². The Bertz CT molecular complexity index is 1170. The Balaban J connectivity index is 1.44. The predicted octanol–water partition coefficient (Wildman–Crippen LogP) is 7.61. The van der Waals surface area contributed by atoms with Crippen LogP contribution in [0.1, 0.15) is 5.56 Å². The van der Waals surface area contributed by atoms with Gasteiger partial charge < -0.3 is 4.74 Å². The Hall–Kier alpha value is -2.38. The molecule has 4 aromatic carbocycles. The second-order valence-corrected chi connectivity index (χ2v) is 10.5. The van der Waals surface area contributed by atoms with Crippen LogP contribution in [-0.2, 0) is 6.61 Å². The van der Waals surface area contributed by atoms with Crippen LogP contribution >= 0.6 is 33.5 Å². The lowest BCUT2D eigenvalue weighted by Crippen LogP contribution is -1.95. The van der Waals surface area contributed by atoms with E-state index in [1.807, 2.05) is 24.3 Å². The Kier molecular flexibility index (Phi) is 5.25. The second-order valence-electron chi connectivity index (χ2n) is 7.07. The first kappa shape index (κ1) is 19.6. The number of hydrogen-bond acceptors (Lipinski definition) is 1. The Labute approximate surface area is 190 Å². The number of fused-ring (bicyclic) bond motifs is 3. The highest BCUT2D eigenvalue weighted by molar-refractivity contribution is 14.1. The molecular weight excluding hydrogens is 513 g/mol. The van der Waals surface area contributed by atoms with E-state index < -0.39 is 10.9 Å². The number of halogens is 3. The zero-order chi connectivity index (χ0) is 20.7. The first-order valence-corrected chi connectivity index (χ1v) is 11.9. The van der Waals surface area contributed by atoms with Gasteiger partial charge in [0.25, 0.3) is 0 Å². The van der Waals surface area contributed by atoms with E-state index >= 15 is 0 Å². The standard InChI is InChI=1S/C25H17F2IOS/c26-17-3-11-24-22(13-17)23-14-18(27)4-12-25(23)30(24)21-9-7-20(8-10-21)29-15-16-1-5-19(28)6-2-16/h1-14,30H,15H2. The average Bonchev–Trinajstić information content (AvgIpc) is 3.06. The van der Waals surface area contributed by atoms with Crippen LogP contribution in [0.15, 0.2) is 99.6 Å². The van der Waals surface area contributed by atoms with Gasteiger partial charge in [-0.3, -0.25) is 0 Å². The molecule has 0 unspecified atom stereocenters. The Morgan fingerprint density at radius 1 is 0.700 bits per heavy atom. The summed E-state index contributed by atoms with van der Waals surface area (Å²) in [7, 11) is -0.856. The molecule has 5 rings (SSSR count). The zero-order valence-corrected chi connectivity index (χ0v) is 18.8. The minimum absolute atomic E-state index is 0.305. The third kappa shape index (κ3) is 3.72. The third-order valence-electron chi connectivity index (χ3n) is 5.10. The van der Waals surface area contributed by atoms with Gasteiger partial charge in [0, 0.05) is 13.4 Å². The summed E-state index contributed by atoms with van der Waals surface area (Å²) in [5, 5.41) is 0. The Morgan fingerprint density at radius 2 is 1.27 bits per heavy atom. The van der Waals surface area contributed by atoms with E-state index in [4.69, 9.17) is 4.74 Å². The molecule has 30 heavy (non-hydrogen) atoms. The molecule has 0 spiro atoms. The number of rotatable bonds is 4. The molecule has 0 aliphatic carbocycles. The van der Waals surface area contributed by atoms with Crippen LogP contribution in [0.3, 0.4) is 0 Å². The minimum Gasteiger partial charge on any atom is -0.489 e. The van der Waals surface area contributed by atoms with E-state index in [9.17, 15) is 8.78 Å². The largest absolute Gasteiger partial charge is 0.489 e. The van der Waals surface area contributed by atoms with Crippen molar-refractivity contribution in [3.05, 3.63) is 106 Å². The molecule has 1 nitrogen and oxygen atoms in total. The summed E-state index contributed by atoms with van der Waals surface area (Å²) in [5.74, 6) is 0.186. The van der Waals surface area contributed by atoms with E-state index in [1.54, 1.807) is 0 Å². The first-order chi connectivity index (χ1) is 14.6. The highest BCUT2D eigenvalue weighted by Gasteiger charge is 2.28. The minimum atomic E-state index is -0.856. The van der Waals surface area contributed by atoms with Crippen molar-refractivity contribution >= 4 is 33.5 Å². The van der Waals surface area contributed by atoms with Crippen molar-refractivity contribution in [1.82, 2.24) is 0 Å². The molecule has 0 atom stereocenters. The van der Waals surface area contributed by atoms with Gasteiger partial charge in [0.15, 0.2) is 0 Å². The molecule has 1 heterocycles. The van der Waals surface area contributed by atoms with Gasteiger partial charge in [0.05, 0.1) is 0 Å².